The Hall–Kier alpha value is -5.10. The van der Waals surface area contributed by atoms with Crippen molar-refractivity contribution in [1.82, 2.24) is 38.8 Å². The largest absolute Gasteiger partial charge is 0.393 e. The molecular formula is C46H58F3N9O5. The zero-order chi connectivity index (χ0) is 44.3. The van der Waals surface area contributed by atoms with Crippen molar-refractivity contribution in [3.8, 4) is 11.1 Å². The van der Waals surface area contributed by atoms with E-state index in [1.807, 2.05) is 18.2 Å². The Morgan fingerprint density at radius 2 is 1.70 bits per heavy atom. The van der Waals surface area contributed by atoms with Crippen LogP contribution in [-0.2, 0) is 27.8 Å². The second-order valence-corrected chi connectivity index (χ2v) is 17.4. The van der Waals surface area contributed by atoms with Gasteiger partial charge in [0.05, 0.1) is 23.6 Å². The molecule has 8 rings (SSSR count). The van der Waals surface area contributed by atoms with E-state index in [0.29, 0.717) is 43.6 Å². The van der Waals surface area contributed by atoms with Crippen LogP contribution in [0.1, 0.15) is 94.0 Å². The minimum Gasteiger partial charge on any atom is -0.393 e. The number of aryl methyl sites for hydroxylation is 2. The van der Waals surface area contributed by atoms with Crippen LogP contribution in [-0.4, -0.2) is 115 Å². The summed E-state index contributed by atoms with van der Waals surface area (Å²) in [5.74, 6) is -0.573. The third-order valence-electron chi connectivity index (χ3n) is 13.2. The summed E-state index contributed by atoms with van der Waals surface area (Å²) in [6.45, 7) is 8.19. The lowest BCUT2D eigenvalue weighted by molar-refractivity contribution is -0.136. The number of alkyl halides is 3. The van der Waals surface area contributed by atoms with Gasteiger partial charge in [-0.25, -0.2) is 9.78 Å². The van der Waals surface area contributed by atoms with Crippen molar-refractivity contribution in [2.24, 2.45) is 7.05 Å². The Morgan fingerprint density at radius 1 is 0.952 bits per heavy atom. The number of benzene rings is 2. The Kier molecular flexibility index (Phi) is 13.7. The van der Waals surface area contributed by atoms with Crippen LogP contribution in [0.2, 0.25) is 0 Å². The molecule has 14 nitrogen and oxygen atoms in total. The Bertz CT molecular complexity index is 2450. The van der Waals surface area contributed by atoms with Gasteiger partial charge < -0.3 is 24.6 Å². The zero-order valence-corrected chi connectivity index (χ0v) is 36.1. The number of halogens is 3. The normalized spacial score (nSPS) is 21.0. The van der Waals surface area contributed by atoms with Crippen molar-refractivity contribution >= 4 is 39.8 Å². The number of hydrogen-bond donors (Lipinski definition) is 3. The number of aromatic nitrogens is 5. The van der Waals surface area contributed by atoms with Crippen LogP contribution in [0.25, 0.3) is 33.2 Å². The maximum Gasteiger partial charge on any atom is 0.390 e. The average Bonchev–Trinajstić information content (AvgIpc) is 3.76. The third kappa shape index (κ3) is 10.3. The number of ether oxygens (including phenoxy) is 1. The number of piperazine rings is 1. The molecule has 5 aromatic rings. The molecule has 3 aliphatic rings. The van der Waals surface area contributed by atoms with Crippen LogP contribution in [0.3, 0.4) is 0 Å². The monoisotopic (exact) mass is 873 g/mol. The molecule has 0 radical (unpaired) electrons. The van der Waals surface area contributed by atoms with E-state index in [1.165, 1.54) is 10.1 Å². The molecule has 3 N–H and O–H groups in total. The van der Waals surface area contributed by atoms with Gasteiger partial charge in [-0.1, -0.05) is 30.3 Å². The number of hydrogen-bond acceptors (Lipinski definition) is 10. The number of rotatable bonds is 16. The van der Waals surface area contributed by atoms with Gasteiger partial charge in [-0.3, -0.25) is 28.9 Å². The number of nitrogens with one attached hydrogen (secondary N) is 2. The first-order chi connectivity index (χ1) is 30.3. The van der Waals surface area contributed by atoms with Gasteiger partial charge in [-0.05, 0) is 87.1 Å². The predicted octanol–water partition coefficient (Wildman–Crippen LogP) is 6.29. The van der Waals surface area contributed by atoms with E-state index in [1.54, 1.807) is 17.8 Å². The zero-order valence-electron chi connectivity index (χ0n) is 36.1. The summed E-state index contributed by atoms with van der Waals surface area (Å²) in [5, 5.41) is 16.1. The molecule has 1 aliphatic carbocycles. The summed E-state index contributed by atoms with van der Waals surface area (Å²) >= 11 is 0. The van der Waals surface area contributed by atoms with Gasteiger partial charge in [0.2, 0.25) is 17.8 Å². The van der Waals surface area contributed by atoms with Gasteiger partial charge in [0.15, 0.2) is 0 Å². The highest BCUT2D eigenvalue weighted by atomic mass is 19.4. The standard InChI is InChI=1S/C46H58F3N9O5/c1-30(32-7-9-33(10-8-32)37-29-57(34-11-13-35(59)14-12-34)42-36(37)28-51-44(53-42)50-19-18-46(47,48)49)56-23-21-55(22-24-56)20-4-26-63-25-3-5-31-6-15-38-40(27-31)54(2)45(62)58(38)39-16-17-41(60)52-43(39)61/h6-10,15,27-30,34-35,39,59H,3-5,11-14,16-26H2,1-2H3,(H,50,51,53)(H,52,60,61). The van der Waals surface area contributed by atoms with Crippen LogP contribution in [0.4, 0.5) is 19.1 Å². The molecule has 63 heavy (non-hydrogen) atoms. The average molecular weight is 874 g/mol. The van der Waals surface area contributed by atoms with Gasteiger partial charge in [0.1, 0.15) is 11.7 Å². The van der Waals surface area contributed by atoms with E-state index in [2.05, 4.69) is 67.4 Å². The first-order valence-electron chi connectivity index (χ1n) is 22.4. The maximum atomic E-state index is 13.1. The van der Waals surface area contributed by atoms with Crippen molar-refractivity contribution in [2.75, 3.05) is 57.8 Å². The van der Waals surface area contributed by atoms with E-state index >= 15 is 0 Å². The van der Waals surface area contributed by atoms with Crippen molar-refractivity contribution < 1.29 is 32.6 Å². The summed E-state index contributed by atoms with van der Waals surface area (Å²) in [6.07, 6.45) is 4.35. The van der Waals surface area contributed by atoms with E-state index in [0.717, 1.165) is 92.4 Å². The summed E-state index contributed by atoms with van der Waals surface area (Å²) in [4.78, 5) is 51.3. The fourth-order valence-electron chi connectivity index (χ4n) is 9.47. The van der Waals surface area contributed by atoms with Crippen LogP contribution in [0.15, 0.2) is 59.7 Å². The highest BCUT2D eigenvalue weighted by Gasteiger charge is 2.32. The van der Waals surface area contributed by atoms with Crippen molar-refractivity contribution in [3.63, 3.8) is 0 Å². The third-order valence-corrected chi connectivity index (χ3v) is 13.2. The number of carbonyl (C=O) groups is 2. The van der Waals surface area contributed by atoms with E-state index in [-0.39, 0.29) is 48.7 Å². The molecule has 2 amide bonds. The van der Waals surface area contributed by atoms with E-state index < -0.39 is 24.5 Å². The highest BCUT2D eigenvalue weighted by molar-refractivity contribution is 6.00. The molecule has 2 saturated heterocycles. The van der Waals surface area contributed by atoms with Crippen molar-refractivity contribution in [1.29, 1.82) is 0 Å². The predicted molar refractivity (Wildman–Crippen MR) is 234 cm³/mol. The number of aliphatic hydroxyl groups is 1. The van der Waals surface area contributed by atoms with Crippen molar-refractivity contribution in [2.45, 2.75) is 102 Å². The number of nitrogens with zero attached hydrogens (tertiary/aromatic N) is 7. The minimum absolute atomic E-state index is 0.128. The summed E-state index contributed by atoms with van der Waals surface area (Å²) < 4.78 is 49.6. The number of imide groups is 1. The fraction of sp³-hybridized carbons (Fsp3) is 0.543. The molecule has 0 spiro atoms. The molecule has 338 valence electrons. The molecule has 0 bridgehead atoms. The molecule has 17 heteroatoms. The molecule has 3 fully saturated rings. The second-order valence-electron chi connectivity index (χ2n) is 17.4. The second kappa shape index (κ2) is 19.3. The van der Waals surface area contributed by atoms with Crippen LogP contribution in [0, 0.1) is 0 Å². The Labute approximate surface area is 364 Å². The molecule has 3 aromatic heterocycles. The molecule has 1 saturated carbocycles. The van der Waals surface area contributed by atoms with E-state index in [4.69, 9.17) is 9.72 Å². The number of anilines is 1. The van der Waals surface area contributed by atoms with Crippen LogP contribution < -0.4 is 16.3 Å². The lowest BCUT2D eigenvalue weighted by atomic mass is 9.93. The molecule has 2 atom stereocenters. The fourth-order valence-corrected chi connectivity index (χ4v) is 9.47. The van der Waals surface area contributed by atoms with Gasteiger partial charge in [0.25, 0.3) is 0 Å². The number of fused-ring (bicyclic) bond motifs is 2. The number of imidazole rings is 1. The van der Waals surface area contributed by atoms with Gasteiger partial charge in [0, 0.05) is 101 Å². The van der Waals surface area contributed by atoms with Gasteiger partial charge >= 0.3 is 11.9 Å². The van der Waals surface area contributed by atoms with Gasteiger partial charge in [-0.2, -0.15) is 18.2 Å². The summed E-state index contributed by atoms with van der Waals surface area (Å²) in [6, 6.07) is 14.2. The quantitative estimate of drug-likeness (QED) is 0.0763. The Morgan fingerprint density at radius 3 is 2.43 bits per heavy atom. The van der Waals surface area contributed by atoms with Crippen LogP contribution >= 0.6 is 0 Å². The topological polar surface area (TPSA) is 152 Å². The number of carbonyl (C=O) groups excluding carboxylic acids is 2. The highest BCUT2D eigenvalue weighted by Crippen LogP contribution is 2.37. The van der Waals surface area contributed by atoms with Gasteiger partial charge in [-0.15, -0.1) is 0 Å². The summed E-state index contributed by atoms with van der Waals surface area (Å²) in [7, 11) is 1.71. The first-order valence-corrected chi connectivity index (χ1v) is 22.4. The van der Waals surface area contributed by atoms with E-state index in [9.17, 15) is 32.7 Å². The van der Waals surface area contributed by atoms with Crippen molar-refractivity contribution in [3.05, 3.63) is 76.5 Å². The smallest absolute Gasteiger partial charge is 0.390 e. The molecule has 2 aliphatic heterocycles. The number of amides is 2. The molecule has 2 aromatic carbocycles. The SMILES string of the molecule is CC(c1ccc(-c2cn(C3CCC(O)CC3)c3nc(NCCC(F)(F)F)ncc23)cc1)N1CCN(CCCOCCCc2ccc3c(c2)n(C)c(=O)n3C2CCC(=O)NC2=O)CC1. The maximum absolute atomic E-state index is 13.1. The lowest BCUT2D eigenvalue weighted by Gasteiger charge is -2.38. The first kappa shape index (κ1) is 44.5. The molecular weight excluding hydrogens is 816 g/mol. The number of aliphatic hydroxyl groups excluding tert-OH is 1. The minimum atomic E-state index is -4.27. The van der Waals surface area contributed by atoms with Crippen LogP contribution in [0.5, 0.6) is 0 Å². The molecule has 5 heterocycles. The molecule has 2 unspecified atom stereocenters. The Balaban J connectivity index is 0.786. The lowest BCUT2D eigenvalue weighted by Crippen LogP contribution is -2.47. The summed E-state index contributed by atoms with van der Waals surface area (Å²) in [5.41, 5.74) is 6.19. The number of piperidine rings is 1.